The number of anilines is 1. The van der Waals surface area contributed by atoms with Crippen molar-refractivity contribution in [3.63, 3.8) is 0 Å². The minimum atomic E-state index is -0.686. The summed E-state index contributed by atoms with van der Waals surface area (Å²) in [5.41, 5.74) is 1.90. The first-order valence-corrected chi connectivity index (χ1v) is 8.72. The zero-order valence-corrected chi connectivity index (χ0v) is 16.2. The summed E-state index contributed by atoms with van der Waals surface area (Å²) in [4.78, 5) is 39.0. The summed E-state index contributed by atoms with van der Waals surface area (Å²) in [6.07, 6.45) is 0. The number of esters is 2. The first-order valence-electron chi connectivity index (χ1n) is 7.92. The molecule has 2 N–H and O–H groups in total. The molecule has 1 heterocycles. The van der Waals surface area contributed by atoms with Gasteiger partial charge in [-0.25, -0.2) is 9.59 Å². The highest BCUT2D eigenvalue weighted by Gasteiger charge is 2.24. The Hall–Kier alpha value is -2.61. The summed E-state index contributed by atoms with van der Waals surface area (Å²) in [5, 5.41) is 2.64. The Morgan fingerprint density at radius 3 is 2.46 bits per heavy atom. The molecule has 1 aromatic heterocycles. The smallest absolute Gasteiger partial charge is 0.355 e. The Morgan fingerprint density at radius 2 is 1.81 bits per heavy atom. The maximum atomic E-state index is 12.3. The molecule has 0 unspecified atom stereocenters. The third-order valence-electron chi connectivity index (χ3n) is 3.60. The van der Waals surface area contributed by atoms with E-state index in [0.717, 1.165) is 4.47 Å². The standard InChI is InChI=1S/C18H19BrN2O5/c1-4-25-18(24)16-10(2)15(11(3)20-16)17(23)26-9-14(22)21-13-8-6-5-7-12(13)19/h5-8,20H,4,9H2,1-3H3,(H,21,22). The maximum absolute atomic E-state index is 12.3. The second kappa shape index (κ2) is 8.66. The van der Waals surface area contributed by atoms with E-state index in [2.05, 4.69) is 26.2 Å². The van der Waals surface area contributed by atoms with Crippen molar-refractivity contribution in [1.29, 1.82) is 0 Å². The topological polar surface area (TPSA) is 97.5 Å². The van der Waals surface area contributed by atoms with E-state index in [4.69, 9.17) is 9.47 Å². The van der Waals surface area contributed by atoms with Gasteiger partial charge in [-0.05, 0) is 54.4 Å². The van der Waals surface area contributed by atoms with Crippen LogP contribution < -0.4 is 5.32 Å². The summed E-state index contributed by atoms with van der Waals surface area (Å²) >= 11 is 3.32. The molecule has 0 fully saturated rings. The van der Waals surface area contributed by atoms with E-state index in [1.165, 1.54) is 0 Å². The van der Waals surface area contributed by atoms with Crippen LogP contribution in [0.5, 0.6) is 0 Å². The number of aryl methyl sites for hydroxylation is 1. The third kappa shape index (κ3) is 4.51. The zero-order chi connectivity index (χ0) is 19.3. The van der Waals surface area contributed by atoms with Gasteiger partial charge in [-0.3, -0.25) is 4.79 Å². The number of halogens is 1. The van der Waals surface area contributed by atoms with E-state index in [9.17, 15) is 14.4 Å². The maximum Gasteiger partial charge on any atom is 0.355 e. The van der Waals surface area contributed by atoms with Gasteiger partial charge in [0.1, 0.15) is 5.69 Å². The van der Waals surface area contributed by atoms with Gasteiger partial charge in [-0.15, -0.1) is 0 Å². The van der Waals surface area contributed by atoms with Crippen molar-refractivity contribution in [2.45, 2.75) is 20.8 Å². The van der Waals surface area contributed by atoms with Crippen LogP contribution in [0.3, 0.4) is 0 Å². The van der Waals surface area contributed by atoms with Gasteiger partial charge < -0.3 is 19.8 Å². The number of amides is 1. The monoisotopic (exact) mass is 422 g/mol. The molecule has 0 radical (unpaired) electrons. The molecule has 7 nitrogen and oxygen atoms in total. The van der Waals surface area contributed by atoms with Crippen molar-refractivity contribution in [2.75, 3.05) is 18.5 Å². The summed E-state index contributed by atoms with van der Waals surface area (Å²) in [7, 11) is 0. The first kappa shape index (κ1) is 19.7. The minimum Gasteiger partial charge on any atom is -0.461 e. The molecular formula is C18H19BrN2O5. The largest absolute Gasteiger partial charge is 0.461 e. The lowest BCUT2D eigenvalue weighted by Crippen LogP contribution is -2.21. The predicted molar refractivity (Wildman–Crippen MR) is 99.3 cm³/mol. The van der Waals surface area contributed by atoms with E-state index < -0.39 is 24.5 Å². The third-order valence-corrected chi connectivity index (χ3v) is 4.29. The number of rotatable bonds is 6. The number of para-hydroxylation sites is 1. The number of carbonyl (C=O) groups excluding carboxylic acids is 3. The van der Waals surface area contributed by atoms with Gasteiger partial charge >= 0.3 is 11.9 Å². The second-order valence-corrected chi connectivity index (χ2v) is 6.30. The number of hydrogen-bond acceptors (Lipinski definition) is 5. The molecule has 0 aliphatic rings. The lowest BCUT2D eigenvalue weighted by Gasteiger charge is -2.08. The highest BCUT2D eigenvalue weighted by atomic mass is 79.9. The Balaban J connectivity index is 2.03. The van der Waals surface area contributed by atoms with Crippen LogP contribution in [0.2, 0.25) is 0 Å². The fourth-order valence-corrected chi connectivity index (χ4v) is 2.80. The molecule has 0 atom stereocenters. The number of H-pyrrole nitrogens is 1. The SMILES string of the molecule is CCOC(=O)c1[nH]c(C)c(C(=O)OCC(=O)Nc2ccccc2Br)c1C. The number of benzene rings is 1. The fraction of sp³-hybridized carbons (Fsp3) is 0.278. The van der Waals surface area contributed by atoms with Gasteiger partial charge in [0.25, 0.3) is 5.91 Å². The average molecular weight is 423 g/mol. The van der Waals surface area contributed by atoms with E-state index in [1.807, 2.05) is 6.07 Å². The van der Waals surface area contributed by atoms with Crippen molar-refractivity contribution in [1.82, 2.24) is 4.98 Å². The van der Waals surface area contributed by atoms with E-state index >= 15 is 0 Å². The van der Waals surface area contributed by atoms with Crippen LogP contribution in [0.1, 0.15) is 39.0 Å². The second-order valence-electron chi connectivity index (χ2n) is 5.45. The molecule has 26 heavy (non-hydrogen) atoms. The van der Waals surface area contributed by atoms with Crippen molar-refractivity contribution >= 4 is 39.5 Å². The Labute approximate surface area is 159 Å². The van der Waals surface area contributed by atoms with Gasteiger partial charge in [-0.2, -0.15) is 0 Å². The number of nitrogens with one attached hydrogen (secondary N) is 2. The van der Waals surface area contributed by atoms with Gasteiger partial charge in [0, 0.05) is 10.2 Å². The van der Waals surface area contributed by atoms with Crippen LogP contribution in [0.25, 0.3) is 0 Å². The molecule has 138 valence electrons. The van der Waals surface area contributed by atoms with E-state index in [1.54, 1.807) is 39.0 Å². The van der Waals surface area contributed by atoms with Gasteiger partial charge in [0.15, 0.2) is 6.61 Å². The van der Waals surface area contributed by atoms with Crippen LogP contribution in [0.15, 0.2) is 28.7 Å². The quantitative estimate of drug-likeness (QED) is 0.695. The highest BCUT2D eigenvalue weighted by molar-refractivity contribution is 9.10. The Kier molecular flexibility index (Phi) is 6.57. The highest BCUT2D eigenvalue weighted by Crippen LogP contribution is 2.22. The number of aromatic amines is 1. The summed E-state index contributed by atoms with van der Waals surface area (Å²) < 4.78 is 10.7. The predicted octanol–water partition coefficient (Wildman–Crippen LogP) is 3.37. The summed E-state index contributed by atoms with van der Waals surface area (Å²) in [5.74, 6) is -1.70. The van der Waals surface area contributed by atoms with Gasteiger partial charge in [0.05, 0.1) is 17.9 Å². The number of aromatic nitrogens is 1. The first-order chi connectivity index (χ1) is 12.3. The average Bonchev–Trinajstić information content (AvgIpc) is 2.90. The molecule has 0 saturated heterocycles. The fourth-order valence-electron chi connectivity index (χ4n) is 2.42. The minimum absolute atomic E-state index is 0.203. The molecule has 0 bridgehead atoms. The molecule has 0 aliphatic heterocycles. The molecule has 2 aromatic rings. The molecule has 0 saturated carbocycles. The van der Waals surface area contributed by atoms with Crippen LogP contribution >= 0.6 is 15.9 Å². The Morgan fingerprint density at radius 1 is 1.12 bits per heavy atom. The van der Waals surface area contributed by atoms with Crippen molar-refractivity contribution < 1.29 is 23.9 Å². The van der Waals surface area contributed by atoms with Crippen LogP contribution in [0.4, 0.5) is 5.69 Å². The lowest BCUT2D eigenvalue weighted by molar-refractivity contribution is -0.119. The van der Waals surface area contributed by atoms with E-state index in [0.29, 0.717) is 16.9 Å². The number of hydrogen-bond donors (Lipinski definition) is 2. The van der Waals surface area contributed by atoms with Crippen molar-refractivity contribution in [3.05, 3.63) is 51.3 Å². The van der Waals surface area contributed by atoms with Crippen LogP contribution in [-0.4, -0.2) is 36.0 Å². The van der Waals surface area contributed by atoms with Crippen molar-refractivity contribution in [3.8, 4) is 0 Å². The lowest BCUT2D eigenvalue weighted by atomic mass is 10.1. The van der Waals surface area contributed by atoms with Crippen LogP contribution in [0, 0.1) is 13.8 Å². The Bertz CT molecular complexity index is 844. The number of carbonyl (C=O) groups is 3. The van der Waals surface area contributed by atoms with Crippen LogP contribution in [-0.2, 0) is 14.3 Å². The normalized spacial score (nSPS) is 10.3. The summed E-state index contributed by atoms with van der Waals surface area (Å²) in [6, 6.07) is 7.09. The molecule has 2 rings (SSSR count). The van der Waals surface area contributed by atoms with E-state index in [-0.39, 0.29) is 17.9 Å². The molecule has 1 aromatic carbocycles. The molecule has 0 spiro atoms. The summed E-state index contributed by atoms with van der Waals surface area (Å²) in [6.45, 7) is 4.74. The molecule has 0 aliphatic carbocycles. The zero-order valence-electron chi connectivity index (χ0n) is 14.6. The molecule has 1 amide bonds. The van der Waals surface area contributed by atoms with Gasteiger partial charge in [-0.1, -0.05) is 12.1 Å². The van der Waals surface area contributed by atoms with Crippen molar-refractivity contribution in [2.24, 2.45) is 0 Å². The molecule has 8 heteroatoms. The van der Waals surface area contributed by atoms with Gasteiger partial charge in [0.2, 0.25) is 0 Å². The molecular weight excluding hydrogens is 404 g/mol. The number of ether oxygens (including phenoxy) is 2.